The molecule has 0 aliphatic heterocycles. The molecular weight excluding hydrogens is 443 g/mol. The molecule has 0 saturated heterocycles. The van der Waals surface area contributed by atoms with Crippen molar-refractivity contribution in [1.82, 2.24) is 30.0 Å². The SMILES string of the molecule is C[C@H](NC(=O)c1cc(-c2ccc(Cl)cc2)nc(-c2cnn(C3CC3)c2)n1)c1ccnc(F)c1. The summed E-state index contributed by atoms with van der Waals surface area (Å²) in [6, 6.07) is 11.8. The maximum absolute atomic E-state index is 13.5. The van der Waals surface area contributed by atoms with Crippen molar-refractivity contribution < 1.29 is 9.18 Å². The second-order valence-corrected chi connectivity index (χ2v) is 8.45. The molecule has 9 heteroatoms. The summed E-state index contributed by atoms with van der Waals surface area (Å²) in [5.74, 6) is -0.592. The summed E-state index contributed by atoms with van der Waals surface area (Å²) in [6.45, 7) is 1.77. The van der Waals surface area contributed by atoms with Crippen LogP contribution in [0.25, 0.3) is 22.6 Å². The van der Waals surface area contributed by atoms with Crippen LogP contribution in [0.5, 0.6) is 0 Å². The number of carbonyl (C=O) groups is 1. The molecule has 0 spiro atoms. The average molecular weight is 463 g/mol. The van der Waals surface area contributed by atoms with Crippen LogP contribution in [0.15, 0.2) is 61.1 Å². The molecule has 0 radical (unpaired) electrons. The summed E-state index contributed by atoms with van der Waals surface area (Å²) in [4.78, 5) is 25.9. The predicted octanol–water partition coefficient (Wildman–Crippen LogP) is 5.02. The first-order valence-corrected chi connectivity index (χ1v) is 11.0. The van der Waals surface area contributed by atoms with Gasteiger partial charge in [0.1, 0.15) is 5.69 Å². The molecule has 4 aromatic rings. The van der Waals surface area contributed by atoms with Gasteiger partial charge in [-0.1, -0.05) is 23.7 Å². The van der Waals surface area contributed by atoms with Crippen LogP contribution < -0.4 is 5.32 Å². The van der Waals surface area contributed by atoms with Crippen LogP contribution in [0.1, 0.15) is 47.9 Å². The smallest absolute Gasteiger partial charge is 0.270 e. The zero-order valence-corrected chi connectivity index (χ0v) is 18.5. The van der Waals surface area contributed by atoms with Crippen molar-refractivity contribution in [1.29, 1.82) is 0 Å². The minimum Gasteiger partial charge on any atom is -0.344 e. The Bertz CT molecular complexity index is 1320. The van der Waals surface area contributed by atoms with E-state index in [2.05, 4.69) is 25.4 Å². The van der Waals surface area contributed by atoms with Crippen molar-refractivity contribution in [3.05, 3.63) is 83.3 Å². The van der Waals surface area contributed by atoms with Gasteiger partial charge in [-0.3, -0.25) is 9.48 Å². The van der Waals surface area contributed by atoms with Crippen molar-refractivity contribution in [3.8, 4) is 22.6 Å². The zero-order chi connectivity index (χ0) is 22.9. The molecule has 1 amide bonds. The Balaban J connectivity index is 1.50. The van der Waals surface area contributed by atoms with Gasteiger partial charge in [-0.15, -0.1) is 0 Å². The molecule has 3 aromatic heterocycles. The molecule has 166 valence electrons. The van der Waals surface area contributed by atoms with Crippen LogP contribution in [-0.2, 0) is 0 Å². The van der Waals surface area contributed by atoms with Gasteiger partial charge in [0.05, 0.1) is 29.5 Å². The first-order valence-electron chi connectivity index (χ1n) is 10.6. The van der Waals surface area contributed by atoms with Crippen molar-refractivity contribution in [2.45, 2.75) is 31.8 Å². The minimum absolute atomic E-state index is 0.200. The van der Waals surface area contributed by atoms with E-state index in [1.165, 1.54) is 12.3 Å². The molecule has 5 rings (SSSR count). The molecule has 3 heterocycles. The van der Waals surface area contributed by atoms with E-state index in [0.717, 1.165) is 24.0 Å². The number of nitrogens with one attached hydrogen (secondary N) is 1. The first-order chi connectivity index (χ1) is 16.0. The fraction of sp³-hybridized carbons (Fsp3) is 0.208. The quantitative estimate of drug-likeness (QED) is 0.406. The van der Waals surface area contributed by atoms with E-state index >= 15 is 0 Å². The fourth-order valence-corrected chi connectivity index (χ4v) is 3.62. The number of hydrogen-bond donors (Lipinski definition) is 1. The summed E-state index contributed by atoms with van der Waals surface area (Å²) in [7, 11) is 0. The van der Waals surface area contributed by atoms with Gasteiger partial charge in [0.25, 0.3) is 5.91 Å². The number of benzene rings is 1. The van der Waals surface area contributed by atoms with Gasteiger partial charge in [-0.05, 0) is 55.7 Å². The number of aromatic nitrogens is 5. The zero-order valence-electron chi connectivity index (χ0n) is 17.7. The van der Waals surface area contributed by atoms with Gasteiger partial charge in [0.15, 0.2) is 5.82 Å². The van der Waals surface area contributed by atoms with Crippen molar-refractivity contribution in [3.63, 3.8) is 0 Å². The van der Waals surface area contributed by atoms with Crippen molar-refractivity contribution in [2.24, 2.45) is 0 Å². The fourth-order valence-electron chi connectivity index (χ4n) is 3.49. The number of amides is 1. The first kappa shape index (κ1) is 21.2. The predicted molar refractivity (Wildman–Crippen MR) is 122 cm³/mol. The molecule has 1 atom stereocenters. The van der Waals surface area contributed by atoms with Crippen LogP contribution in [0.2, 0.25) is 5.02 Å². The second-order valence-electron chi connectivity index (χ2n) is 8.02. The Labute approximate surface area is 194 Å². The van der Waals surface area contributed by atoms with Crippen LogP contribution in [0, 0.1) is 5.95 Å². The second kappa shape index (κ2) is 8.71. The van der Waals surface area contributed by atoms with Crippen LogP contribution in [-0.4, -0.2) is 30.6 Å². The monoisotopic (exact) mass is 462 g/mol. The Morgan fingerprint density at radius 1 is 1.15 bits per heavy atom. The summed E-state index contributed by atoms with van der Waals surface area (Å²) in [6.07, 6.45) is 7.19. The lowest BCUT2D eigenvalue weighted by Crippen LogP contribution is -2.28. The van der Waals surface area contributed by atoms with Crippen molar-refractivity contribution >= 4 is 17.5 Å². The molecule has 1 saturated carbocycles. The highest BCUT2D eigenvalue weighted by Gasteiger charge is 2.25. The number of hydrogen-bond acceptors (Lipinski definition) is 5. The summed E-state index contributed by atoms with van der Waals surface area (Å²) in [5, 5.41) is 7.90. The maximum Gasteiger partial charge on any atom is 0.270 e. The molecule has 0 bridgehead atoms. The lowest BCUT2D eigenvalue weighted by molar-refractivity contribution is 0.0934. The molecule has 33 heavy (non-hydrogen) atoms. The van der Waals surface area contributed by atoms with E-state index in [9.17, 15) is 9.18 Å². The number of rotatable bonds is 6. The summed E-state index contributed by atoms with van der Waals surface area (Å²) < 4.78 is 15.4. The lowest BCUT2D eigenvalue weighted by Gasteiger charge is -2.15. The van der Waals surface area contributed by atoms with Crippen molar-refractivity contribution in [2.75, 3.05) is 0 Å². The highest BCUT2D eigenvalue weighted by molar-refractivity contribution is 6.30. The maximum atomic E-state index is 13.5. The molecular formula is C24H20ClFN6O. The van der Waals surface area contributed by atoms with Crippen LogP contribution in [0.4, 0.5) is 4.39 Å². The van der Waals surface area contributed by atoms with E-state index < -0.39 is 17.9 Å². The number of carbonyl (C=O) groups excluding carboxylic acids is 1. The standard InChI is InChI=1S/C24H20ClFN6O/c1-14(16-8-9-27-22(26)10-16)29-24(33)21-11-20(15-2-4-18(25)5-3-15)30-23(31-21)17-12-28-32(13-17)19-6-7-19/h2-5,8-14,19H,6-7H2,1H3,(H,29,33)/t14-/m0/s1. The normalized spacial score (nSPS) is 14.2. The van der Waals surface area contributed by atoms with Crippen LogP contribution >= 0.6 is 11.6 Å². The average Bonchev–Trinajstić information content (AvgIpc) is 3.55. The van der Waals surface area contributed by atoms with Gasteiger partial charge in [-0.25, -0.2) is 15.0 Å². The van der Waals surface area contributed by atoms with E-state index in [4.69, 9.17) is 11.6 Å². The molecule has 1 fully saturated rings. The molecule has 7 nitrogen and oxygen atoms in total. The van der Waals surface area contributed by atoms with Gasteiger partial charge in [-0.2, -0.15) is 9.49 Å². The Morgan fingerprint density at radius 3 is 2.67 bits per heavy atom. The molecule has 1 aromatic carbocycles. The molecule has 0 unspecified atom stereocenters. The van der Waals surface area contributed by atoms with E-state index in [-0.39, 0.29) is 5.69 Å². The minimum atomic E-state index is -0.601. The molecule has 1 N–H and O–H groups in total. The summed E-state index contributed by atoms with van der Waals surface area (Å²) >= 11 is 6.03. The molecule has 1 aliphatic carbocycles. The Kier molecular flexibility index (Phi) is 5.60. The topological polar surface area (TPSA) is 85.6 Å². The number of nitrogens with zero attached hydrogens (tertiary/aromatic N) is 5. The third-order valence-corrected chi connectivity index (χ3v) is 5.73. The largest absolute Gasteiger partial charge is 0.344 e. The van der Waals surface area contributed by atoms with Gasteiger partial charge >= 0.3 is 0 Å². The van der Waals surface area contributed by atoms with E-state index in [0.29, 0.717) is 28.1 Å². The summed E-state index contributed by atoms with van der Waals surface area (Å²) in [5.41, 5.74) is 2.93. The Morgan fingerprint density at radius 2 is 1.94 bits per heavy atom. The van der Waals surface area contributed by atoms with Gasteiger partial charge in [0.2, 0.25) is 5.95 Å². The van der Waals surface area contributed by atoms with E-state index in [1.54, 1.807) is 37.4 Å². The van der Waals surface area contributed by atoms with Gasteiger partial charge < -0.3 is 5.32 Å². The number of pyridine rings is 1. The highest BCUT2D eigenvalue weighted by atomic mass is 35.5. The van der Waals surface area contributed by atoms with Gasteiger partial charge in [0, 0.05) is 23.0 Å². The Hall–Kier alpha value is -3.65. The lowest BCUT2D eigenvalue weighted by atomic mass is 10.1. The third-order valence-electron chi connectivity index (χ3n) is 5.48. The highest BCUT2D eigenvalue weighted by Crippen LogP contribution is 2.35. The van der Waals surface area contributed by atoms with E-state index in [1.807, 2.05) is 23.0 Å². The molecule has 1 aliphatic rings. The third kappa shape index (κ3) is 4.75. The number of halogens is 2. The van der Waals surface area contributed by atoms with Crippen LogP contribution in [0.3, 0.4) is 0 Å².